The van der Waals surface area contributed by atoms with Crippen LogP contribution in [-0.2, 0) is 14.3 Å². The predicted molar refractivity (Wildman–Crippen MR) is 168 cm³/mol. The molecule has 7 nitrogen and oxygen atoms in total. The molecule has 0 unspecified atom stereocenters. The lowest BCUT2D eigenvalue weighted by atomic mass is 9.99. The Balaban J connectivity index is 1.41. The van der Waals surface area contributed by atoms with Crippen LogP contribution in [0.3, 0.4) is 0 Å². The first-order valence-electron chi connectivity index (χ1n) is 17.6. The zero-order valence-corrected chi connectivity index (χ0v) is 26.9. The molecule has 0 aromatic carbocycles. The van der Waals surface area contributed by atoms with Crippen molar-refractivity contribution in [2.24, 2.45) is 0 Å². The van der Waals surface area contributed by atoms with E-state index in [0.29, 0.717) is 24.8 Å². The number of aliphatic hydroxyl groups is 4. The minimum Gasteiger partial charge on any atom is -0.455 e. The van der Waals surface area contributed by atoms with Gasteiger partial charge in [0.25, 0.3) is 0 Å². The van der Waals surface area contributed by atoms with Crippen molar-refractivity contribution in [1.82, 2.24) is 0 Å². The second kappa shape index (κ2) is 22.5. The van der Waals surface area contributed by atoms with Gasteiger partial charge in [0.1, 0.15) is 6.10 Å². The molecule has 7 heteroatoms. The van der Waals surface area contributed by atoms with Gasteiger partial charge in [-0.05, 0) is 57.9 Å². The van der Waals surface area contributed by atoms with Crippen LogP contribution in [0.15, 0.2) is 11.6 Å². The van der Waals surface area contributed by atoms with Crippen molar-refractivity contribution >= 4 is 5.97 Å². The third-order valence-electron chi connectivity index (χ3n) is 9.11. The van der Waals surface area contributed by atoms with Crippen LogP contribution < -0.4 is 0 Å². The van der Waals surface area contributed by atoms with E-state index in [1.807, 2.05) is 6.92 Å². The molecule has 2 heterocycles. The predicted octanol–water partition coefficient (Wildman–Crippen LogP) is 7.06. The number of hydrogen-bond donors (Lipinski definition) is 4. The Morgan fingerprint density at radius 3 is 1.62 bits per heavy atom. The molecule has 2 aliphatic heterocycles. The molecule has 1 fully saturated rings. The van der Waals surface area contributed by atoms with Gasteiger partial charge in [0.15, 0.2) is 0 Å². The Labute approximate surface area is 256 Å². The molecule has 2 aliphatic rings. The number of unbranched alkanes of at least 4 members (excludes halogenated alkanes) is 12. The Hall–Kier alpha value is -0.990. The molecule has 0 amide bonds. The lowest BCUT2D eigenvalue weighted by molar-refractivity contribution is -0.139. The molecule has 0 aromatic heterocycles. The maximum Gasteiger partial charge on any atom is 0.334 e. The minimum absolute atomic E-state index is 0.147. The van der Waals surface area contributed by atoms with Crippen molar-refractivity contribution in [3.63, 3.8) is 0 Å². The summed E-state index contributed by atoms with van der Waals surface area (Å²) in [7, 11) is 0. The maximum atomic E-state index is 11.6. The van der Waals surface area contributed by atoms with E-state index in [-0.39, 0.29) is 30.4 Å². The fraction of sp³-hybridized carbons (Fsp3) is 0.914. The van der Waals surface area contributed by atoms with Crippen LogP contribution in [0, 0.1) is 0 Å². The van der Waals surface area contributed by atoms with Gasteiger partial charge in [0, 0.05) is 12.0 Å². The van der Waals surface area contributed by atoms with Crippen molar-refractivity contribution in [1.29, 1.82) is 0 Å². The smallest absolute Gasteiger partial charge is 0.334 e. The summed E-state index contributed by atoms with van der Waals surface area (Å²) in [5.41, 5.74) is 0.576. The summed E-state index contributed by atoms with van der Waals surface area (Å²) in [6, 6.07) is 0. The monoisotopic (exact) mass is 596 g/mol. The fourth-order valence-corrected chi connectivity index (χ4v) is 6.42. The summed E-state index contributed by atoms with van der Waals surface area (Å²) in [5.74, 6) is -0.314. The van der Waals surface area contributed by atoms with E-state index >= 15 is 0 Å². The van der Waals surface area contributed by atoms with Gasteiger partial charge in [-0.2, -0.15) is 0 Å². The first-order valence-corrected chi connectivity index (χ1v) is 17.6. The Bertz CT molecular complexity index is 726. The van der Waals surface area contributed by atoms with E-state index in [4.69, 9.17) is 9.47 Å². The second-order valence-electron chi connectivity index (χ2n) is 13.1. The third-order valence-corrected chi connectivity index (χ3v) is 9.11. The molecule has 0 aromatic rings. The van der Waals surface area contributed by atoms with Crippen LogP contribution in [0.2, 0.25) is 0 Å². The highest BCUT2D eigenvalue weighted by Gasteiger charge is 2.34. The molecule has 0 bridgehead atoms. The molecule has 0 radical (unpaired) electrons. The molecule has 1 saturated heterocycles. The average molecular weight is 597 g/mol. The van der Waals surface area contributed by atoms with Crippen LogP contribution in [0.5, 0.6) is 0 Å². The topological polar surface area (TPSA) is 116 Å². The number of ether oxygens (including phenoxy) is 2. The van der Waals surface area contributed by atoms with E-state index < -0.39 is 18.3 Å². The zero-order chi connectivity index (χ0) is 30.6. The minimum atomic E-state index is -0.530. The number of hydrogen-bond acceptors (Lipinski definition) is 7. The third kappa shape index (κ3) is 16.2. The number of rotatable bonds is 26. The lowest BCUT2D eigenvalue weighted by Crippen LogP contribution is -2.31. The van der Waals surface area contributed by atoms with Crippen molar-refractivity contribution in [3.05, 3.63) is 11.6 Å². The summed E-state index contributed by atoms with van der Waals surface area (Å²) in [6.45, 7) is 4.07. The van der Waals surface area contributed by atoms with Crippen molar-refractivity contribution in [3.8, 4) is 0 Å². The summed E-state index contributed by atoms with van der Waals surface area (Å²) < 4.78 is 11.1. The van der Waals surface area contributed by atoms with Gasteiger partial charge in [-0.15, -0.1) is 0 Å². The summed E-state index contributed by atoms with van der Waals surface area (Å²) >= 11 is 0. The van der Waals surface area contributed by atoms with E-state index in [1.54, 1.807) is 6.08 Å². The number of carbonyl (C=O) groups is 1. The fourth-order valence-electron chi connectivity index (χ4n) is 6.42. The Morgan fingerprint density at radius 2 is 1.10 bits per heavy atom. The molecule has 2 rings (SSSR count). The first kappa shape index (κ1) is 37.2. The molecule has 246 valence electrons. The van der Waals surface area contributed by atoms with E-state index in [1.165, 1.54) is 57.8 Å². The quantitative estimate of drug-likeness (QED) is 0.0624. The van der Waals surface area contributed by atoms with Crippen LogP contribution in [-0.4, -0.2) is 69.1 Å². The Morgan fingerprint density at radius 1 is 0.667 bits per heavy atom. The number of esters is 1. The van der Waals surface area contributed by atoms with Crippen LogP contribution >= 0.6 is 0 Å². The number of aliphatic hydroxyl groups excluding tert-OH is 4. The molecule has 7 atom stereocenters. The average Bonchev–Trinajstić information content (AvgIpc) is 3.58. The van der Waals surface area contributed by atoms with Gasteiger partial charge in [0.05, 0.1) is 36.6 Å². The van der Waals surface area contributed by atoms with E-state index in [2.05, 4.69) is 6.92 Å². The molecule has 0 saturated carbocycles. The molecule has 0 aliphatic carbocycles. The lowest BCUT2D eigenvalue weighted by Gasteiger charge is -2.22. The van der Waals surface area contributed by atoms with Crippen molar-refractivity contribution in [2.75, 3.05) is 0 Å². The molecular weight excluding hydrogens is 532 g/mol. The highest BCUT2D eigenvalue weighted by Crippen LogP contribution is 2.28. The summed E-state index contributed by atoms with van der Waals surface area (Å²) in [5, 5.41) is 41.7. The largest absolute Gasteiger partial charge is 0.455 e. The van der Waals surface area contributed by atoms with Crippen LogP contribution in [0.1, 0.15) is 162 Å². The van der Waals surface area contributed by atoms with Gasteiger partial charge in [-0.25, -0.2) is 4.79 Å². The molecule has 4 N–H and O–H groups in total. The van der Waals surface area contributed by atoms with Gasteiger partial charge in [-0.1, -0.05) is 103 Å². The summed E-state index contributed by atoms with van der Waals surface area (Å²) in [6.07, 6.45) is 22.4. The van der Waals surface area contributed by atoms with Crippen LogP contribution in [0.4, 0.5) is 0 Å². The van der Waals surface area contributed by atoms with Gasteiger partial charge in [0.2, 0.25) is 0 Å². The van der Waals surface area contributed by atoms with Crippen molar-refractivity contribution < 1.29 is 34.7 Å². The Kier molecular flexibility index (Phi) is 19.9. The number of cyclic esters (lactones) is 1. The van der Waals surface area contributed by atoms with Gasteiger partial charge in [-0.3, -0.25) is 0 Å². The molecular formula is C35H64O7. The van der Waals surface area contributed by atoms with E-state index in [0.717, 1.165) is 70.6 Å². The highest BCUT2D eigenvalue weighted by molar-refractivity contribution is 5.90. The molecule has 42 heavy (non-hydrogen) atoms. The van der Waals surface area contributed by atoms with Gasteiger partial charge >= 0.3 is 5.97 Å². The standard InChI is InChI=1S/C35H64O7/c1-3-4-5-6-7-8-9-10-11-15-21-31(38)33-23-24-34(42-33)32(39)22-17-16-19-29(36)18-13-12-14-20-30(37)26-28-25-27(2)41-35(28)40/h25,27,29-34,36-39H,3-24,26H2,1-2H3/t27-,29-,30+,31-,32+,33+,34+/m0/s1. The van der Waals surface area contributed by atoms with Crippen LogP contribution in [0.25, 0.3) is 0 Å². The SMILES string of the molecule is CCCCCCCCCCCC[C@H](O)[C@H]1CC[C@H]([C@H](O)CCCC[C@@H](O)CCCCC[C@@H](O)CC2=C[C@H](C)OC2=O)O1. The second-order valence-corrected chi connectivity index (χ2v) is 13.1. The zero-order valence-electron chi connectivity index (χ0n) is 26.9. The normalized spacial score (nSPS) is 23.5. The maximum absolute atomic E-state index is 11.6. The first-order chi connectivity index (χ1) is 20.3. The number of carbonyl (C=O) groups excluding carboxylic acids is 1. The summed E-state index contributed by atoms with van der Waals surface area (Å²) in [4.78, 5) is 11.6. The van der Waals surface area contributed by atoms with E-state index in [9.17, 15) is 25.2 Å². The van der Waals surface area contributed by atoms with Gasteiger partial charge < -0.3 is 29.9 Å². The molecule has 0 spiro atoms. The van der Waals surface area contributed by atoms with Crippen molar-refractivity contribution in [2.45, 2.75) is 204 Å². The highest BCUT2D eigenvalue weighted by atomic mass is 16.5.